The lowest BCUT2D eigenvalue weighted by Gasteiger charge is -2.24. The molecule has 142 valence electrons. The number of aliphatic hydroxyl groups is 1. The van der Waals surface area contributed by atoms with Gasteiger partial charge in [0.25, 0.3) is 0 Å². The summed E-state index contributed by atoms with van der Waals surface area (Å²) < 4.78 is 43.7. The highest BCUT2D eigenvalue weighted by atomic mass is 35.5. The first-order valence-electron chi connectivity index (χ1n) is 7.74. The number of likely N-dealkylation sites (N-methyl/N-ethyl adjacent to an activating group) is 1. The Morgan fingerprint density at radius 1 is 1.44 bits per heavy atom. The molecule has 2 unspecified atom stereocenters. The van der Waals surface area contributed by atoms with E-state index in [9.17, 15) is 23.1 Å². The lowest BCUT2D eigenvalue weighted by molar-refractivity contribution is -0.139. The Bertz CT molecular complexity index is 566. The molecule has 2 atom stereocenters. The predicted molar refractivity (Wildman–Crippen MR) is 88.9 cm³/mol. The molecule has 1 saturated heterocycles. The largest absolute Gasteiger partial charge is 0.490 e. The highest BCUT2D eigenvalue weighted by Gasteiger charge is 2.34. The number of para-hydroxylation sites is 1. The molecule has 0 bridgehead atoms. The molecule has 1 aromatic rings. The third kappa shape index (κ3) is 6.05. The maximum absolute atomic E-state index is 12.9. The van der Waals surface area contributed by atoms with Crippen molar-refractivity contribution >= 4 is 18.3 Å². The number of carbonyl (C=O) groups is 1. The van der Waals surface area contributed by atoms with E-state index in [1.54, 1.807) is 7.05 Å². The second-order valence-corrected chi connectivity index (χ2v) is 5.83. The van der Waals surface area contributed by atoms with Crippen molar-refractivity contribution in [2.24, 2.45) is 0 Å². The van der Waals surface area contributed by atoms with Crippen LogP contribution in [0.5, 0.6) is 5.75 Å². The van der Waals surface area contributed by atoms with Gasteiger partial charge in [-0.2, -0.15) is 13.2 Å². The number of halogens is 4. The number of aliphatic hydroxyl groups excluding tert-OH is 1. The third-order valence-electron chi connectivity index (χ3n) is 3.84. The van der Waals surface area contributed by atoms with Crippen LogP contribution in [0.4, 0.5) is 13.2 Å². The van der Waals surface area contributed by atoms with Gasteiger partial charge in [0.2, 0.25) is 5.91 Å². The summed E-state index contributed by atoms with van der Waals surface area (Å²) in [6.07, 6.45) is -3.94. The normalized spacial score (nSPS) is 18.4. The van der Waals surface area contributed by atoms with Gasteiger partial charge < -0.3 is 20.1 Å². The molecule has 2 N–H and O–H groups in total. The lowest BCUT2D eigenvalue weighted by Crippen LogP contribution is -2.45. The van der Waals surface area contributed by atoms with Crippen LogP contribution in [0.3, 0.4) is 0 Å². The molecule has 25 heavy (non-hydrogen) atoms. The molecule has 0 radical (unpaired) electrons. The second kappa shape index (κ2) is 9.26. The van der Waals surface area contributed by atoms with E-state index < -0.39 is 17.8 Å². The maximum atomic E-state index is 12.9. The van der Waals surface area contributed by atoms with Crippen molar-refractivity contribution in [3.8, 4) is 5.75 Å². The molecule has 9 heteroatoms. The molecule has 5 nitrogen and oxygen atoms in total. The van der Waals surface area contributed by atoms with Gasteiger partial charge in [-0.3, -0.25) is 4.79 Å². The van der Waals surface area contributed by atoms with E-state index in [0.29, 0.717) is 0 Å². The number of ether oxygens (including phenoxy) is 1. The molecular formula is C16H22ClF3N2O3. The van der Waals surface area contributed by atoms with Crippen LogP contribution in [0, 0.1) is 0 Å². The van der Waals surface area contributed by atoms with E-state index in [4.69, 9.17) is 4.74 Å². The first kappa shape index (κ1) is 21.5. The van der Waals surface area contributed by atoms with E-state index in [-0.39, 0.29) is 43.3 Å². The van der Waals surface area contributed by atoms with Gasteiger partial charge in [0.05, 0.1) is 11.6 Å². The molecule has 0 saturated carbocycles. The molecule has 2 rings (SSSR count). The number of hydrogen-bond donors (Lipinski definition) is 2. The van der Waals surface area contributed by atoms with Crippen molar-refractivity contribution in [3.05, 3.63) is 29.8 Å². The van der Waals surface area contributed by atoms with Crippen molar-refractivity contribution in [1.82, 2.24) is 10.2 Å². The highest BCUT2D eigenvalue weighted by molar-refractivity contribution is 5.85. The monoisotopic (exact) mass is 382 g/mol. The number of carbonyl (C=O) groups excluding carboxylic acids is 1. The van der Waals surface area contributed by atoms with Crippen LogP contribution in [0.15, 0.2) is 24.3 Å². The van der Waals surface area contributed by atoms with E-state index in [0.717, 1.165) is 25.5 Å². The SMILES string of the molecule is CN(CC(O)COc1ccccc1C(F)(F)F)C(=O)C1CCCN1.Cl. The molecule has 1 aliphatic rings. The average Bonchev–Trinajstić information content (AvgIpc) is 3.06. The van der Waals surface area contributed by atoms with Crippen LogP contribution in [0.2, 0.25) is 0 Å². The smallest absolute Gasteiger partial charge is 0.419 e. The van der Waals surface area contributed by atoms with Gasteiger partial charge in [0.1, 0.15) is 18.5 Å². The Balaban J connectivity index is 0.00000312. The number of nitrogens with zero attached hydrogens (tertiary/aromatic N) is 1. The minimum absolute atomic E-state index is 0. The molecule has 1 fully saturated rings. The molecule has 0 spiro atoms. The van der Waals surface area contributed by atoms with Gasteiger partial charge in [-0.1, -0.05) is 12.1 Å². The Kier molecular flexibility index (Phi) is 7.98. The van der Waals surface area contributed by atoms with E-state index in [1.165, 1.54) is 23.1 Å². The first-order chi connectivity index (χ1) is 11.3. The minimum Gasteiger partial charge on any atom is -0.490 e. The fourth-order valence-corrected chi connectivity index (χ4v) is 2.63. The van der Waals surface area contributed by atoms with Crippen LogP contribution in [0.25, 0.3) is 0 Å². The molecule has 1 aliphatic heterocycles. The third-order valence-corrected chi connectivity index (χ3v) is 3.84. The molecule has 0 aliphatic carbocycles. The van der Waals surface area contributed by atoms with Gasteiger partial charge in [-0.15, -0.1) is 12.4 Å². The van der Waals surface area contributed by atoms with Gasteiger partial charge in [0, 0.05) is 13.6 Å². The zero-order valence-corrected chi connectivity index (χ0v) is 14.6. The molecule has 0 aromatic heterocycles. The van der Waals surface area contributed by atoms with Gasteiger partial charge in [-0.25, -0.2) is 0 Å². The molecule has 1 aromatic carbocycles. The number of rotatable bonds is 6. The zero-order chi connectivity index (χ0) is 17.7. The van der Waals surface area contributed by atoms with Crippen LogP contribution < -0.4 is 10.1 Å². The number of hydrogen-bond acceptors (Lipinski definition) is 4. The molecular weight excluding hydrogens is 361 g/mol. The Labute approximate surface area is 150 Å². The van der Waals surface area contributed by atoms with Gasteiger partial charge in [-0.05, 0) is 31.5 Å². The van der Waals surface area contributed by atoms with Crippen molar-refractivity contribution in [1.29, 1.82) is 0 Å². The quantitative estimate of drug-likeness (QED) is 0.790. The van der Waals surface area contributed by atoms with Gasteiger partial charge >= 0.3 is 6.18 Å². The van der Waals surface area contributed by atoms with Crippen LogP contribution in [-0.4, -0.2) is 54.8 Å². The zero-order valence-electron chi connectivity index (χ0n) is 13.8. The summed E-state index contributed by atoms with van der Waals surface area (Å²) in [6, 6.07) is 4.57. The summed E-state index contributed by atoms with van der Waals surface area (Å²) in [5.41, 5.74) is -0.892. The van der Waals surface area contributed by atoms with E-state index in [1.807, 2.05) is 0 Å². The average molecular weight is 383 g/mol. The Hall–Kier alpha value is -1.51. The van der Waals surface area contributed by atoms with Gasteiger partial charge in [0.15, 0.2) is 0 Å². The fourth-order valence-electron chi connectivity index (χ4n) is 2.63. The lowest BCUT2D eigenvalue weighted by atomic mass is 10.2. The van der Waals surface area contributed by atoms with E-state index in [2.05, 4.69) is 5.32 Å². The van der Waals surface area contributed by atoms with Crippen molar-refractivity contribution in [2.75, 3.05) is 26.7 Å². The second-order valence-electron chi connectivity index (χ2n) is 5.83. The maximum Gasteiger partial charge on any atom is 0.419 e. The summed E-state index contributed by atoms with van der Waals surface area (Å²) in [5, 5.41) is 13.0. The first-order valence-corrected chi connectivity index (χ1v) is 7.74. The Morgan fingerprint density at radius 2 is 2.12 bits per heavy atom. The van der Waals surface area contributed by atoms with E-state index >= 15 is 0 Å². The summed E-state index contributed by atoms with van der Waals surface area (Å²) in [6.45, 7) is 0.443. The topological polar surface area (TPSA) is 61.8 Å². The molecule has 1 amide bonds. The number of nitrogens with one attached hydrogen (secondary N) is 1. The standard InChI is InChI=1S/C16H21F3N2O3.ClH/c1-21(15(23)13-6-4-8-20-13)9-11(22)10-24-14-7-3-2-5-12(14)16(17,18)19;/h2-3,5,7,11,13,20,22H,4,6,8-10H2,1H3;1H. The Morgan fingerprint density at radius 3 is 2.72 bits per heavy atom. The van der Waals surface area contributed by atoms with Crippen LogP contribution in [-0.2, 0) is 11.0 Å². The van der Waals surface area contributed by atoms with Crippen LogP contribution in [0.1, 0.15) is 18.4 Å². The summed E-state index contributed by atoms with van der Waals surface area (Å²) in [4.78, 5) is 13.5. The summed E-state index contributed by atoms with van der Waals surface area (Å²) in [7, 11) is 1.55. The van der Waals surface area contributed by atoms with Crippen molar-refractivity contribution in [2.45, 2.75) is 31.2 Å². The van der Waals surface area contributed by atoms with Crippen molar-refractivity contribution in [3.63, 3.8) is 0 Å². The number of amides is 1. The number of alkyl halides is 3. The minimum atomic E-state index is -4.53. The highest BCUT2D eigenvalue weighted by Crippen LogP contribution is 2.35. The predicted octanol–water partition coefficient (Wildman–Crippen LogP) is 2.08. The number of benzene rings is 1. The fraction of sp³-hybridized carbons (Fsp3) is 0.562. The summed E-state index contributed by atoms with van der Waals surface area (Å²) in [5.74, 6) is -0.474. The molecule has 1 heterocycles. The summed E-state index contributed by atoms with van der Waals surface area (Å²) >= 11 is 0. The van der Waals surface area contributed by atoms with Crippen molar-refractivity contribution < 1.29 is 27.8 Å². The van der Waals surface area contributed by atoms with Crippen LogP contribution >= 0.6 is 12.4 Å².